The number of ether oxygens (including phenoxy) is 2. The van der Waals surface area contributed by atoms with Crippen LogP contribution in [0.15, 0.2) is 65.1 Å². The quantitative estimate of drug-likeness (QED) is 0.330. The molecule has 1 saturated heterocycles. The van der Waals surface area contributed by atoms with Gasteiger partial charge in [0.05, 0.1) is 20.8 Å². The molecule has 3 aromatic rings. The van der Waals surface area contributed by atoms with E-state index in [4.69, 9.17) is 13.9 Å². The Hall–Kier alpha value is -3.98. The molecule has 1 N–H and O–H groups in total. The van der Waals surface area contributed by atoms with Gasteiger partial charge in [0.15, 0.2) is 11.5 Å². The standard InChI is InChI=1S/C31H40N4O5/c1-24-11-13-27(40-24)22-34(18-15-25-12-14-28(38-2)29(21-25)39-3)30(36)23-35(20-19-33-16-7-8-17-33)31(37)32-26-9-5-4-6-10-26/h4-6,9-14,21H,7-8,15-20,22-23H2,1-3H3,(H,32,37). The molecule has 40 heavy (non-hydrogen) atoms. The van der Waals surface area contributed by atoms with Crippen molar-refractivity contribution in [3.63, 3.8) is 0 Å². The van der Waals surface area contributed by atoms with Gasteiger partial charge in [0.2, 0.25) is 5.91 Å². The van der Waals surface area contributed by atoms with E-state index in [-0.39, 0.29) is 18.5 Å². The number of amides is 3. The number of likely N-dealkylation sites (tertiary alicyclic amines) is 1. The molecule has 1 aromatic heterocycles. The number of aryl methyl sites for hydroxylation is 1. The highest BCUT2D eigenvalue weighted by Gasteiger charge is 2.24. The van der Waals surface area contributed by atoms with Gasteiger partial charge in [0.1, 0.15) is 18.1 Å². The lowest BCUT2D eigenvalue weighted by molar-refractivity contribution is -0.132. The molecule has 214 valence electrons. The lowest BCUT2D eigenvalue weighted by Crippen LogP contribution is -2.47. The fourth-order valence-corrected chi connectivity index (χ4v) is 4.86. The van der Waals surface area contributed by atoms with Crippen molar-refractivity contribution in [2.75, 3.05) is 58.8 Å². The number of carbonyl (C=O) groups is 2. The smallest absolute Gasteiger partial charge is 0.322 e. The number of methoxy groups -OCH3 is 2. The van der Waals surface area contributed by atoms with Crippen LogP contribution in [0.1, 0.15) is 29.9 Å². The summed E-state index contributed by atoms with van der Waals surface area (Å²) in [6.07, 6.45) is 2.94. The fourth-order valence-electron chi connectivity index (χ4n) is 4.86. The summed E-state index contributed by atoms with van der Waals surface area (Å²) in [6, 6.07) is 18.6. The molecule has 0 atom stereocenters. The van der Waals surface area contributed by atoms with Crippen LogP contribution in [0.25, 0.3) is 0 Å². The Morgan fingerprint density at radius 2 is 1.68 bits per heavy atom. The van der Waals surface area contributed by atoms with Crippen LogP contribution in [0, 0.1) is 6.92 Å². The van der Waals surface area contributed by atoms with Crippen LogP contribution in [-0.4, -0.2) is 80.1 Å². The monoisotopic (exact) mass is 548 g/mol. The second-order valence-electron chi connectivity index (χ2n) is 10.0. The molecule has 3 amide bonds. The number of para-hydroxylation sites is 1. The minimum atomic E-state index is -0.285. The van der Waals surface area contributed by atoms with Gasteiger partial charge >= 0.3 is 6.03 Å². The maximum absolute atomic E-state index is 13.8. The average molecular weight is 549 g/mol. The average Bonchev–Trinajstić information content (AvgIpc) is 3.65. The maximum Gasteiger partial charge on any atom is 0.322 e. The van der Waals surface area contributed by atoms with Gasteiger partial charge in [-0.3, -0.25) is 4.79 Å². The van der Waals surface area contributed by atoms with Crippen molar-refractivity contribution in [2.24, 2.45) is 0 Å². The molecule has 0 unspecified atom stereocenters. The molecule has 2 heterocycles. The molecular weight excluding hydrogens is 508 g/mol. The predicted octanol–water partition coefficient (Wildman–Crippen LogP) is 4.81. The summed E-state index contributed by atoms with van der Waals surface area (Å²) in [4.78, 5) is 32.8. The third-order valence-electron chi connectivity index (χ3n) is 7.14. The van der Waals surface area contributed by atoms with Crippen molar-refractivity contribution in [2.45, 2.75) is 32.7 Å². The van der Waals surface area contributed by atoms with Crippen molar-refractivity contribution < 1.29 is 23.5 Å². The summed E-state index contributed by atoms with van der Waals surface area (Å²) in [5.41, 5.74) is 1.71. The molecule has 9 heteroatoms. The Bertz CT molecular complexity index is 1240. The van der Waals surface area contributed by atoms with Crippen LogP contribution < -0.4 is 14.8 Å². The van der Waals surface area contributed by atoms with Crippen LogP contribution >= 0.6 is 0 Å². The van der Waals surface area contributed by atoms with Crippen molar-refractivity contribution in [1.82, 2.24) is 14.7 Å². The molecule has 9 nitrogen and oxygen atoms in total. The summed E-state index contributed by atoms with van der Waals surface area (Å²) in [7, 11) is 3.21. The number of nitrogens with zero attached hydrogens (tertiary/aromatic N) is 3. The fraction of sp³-hybridized carbons (Fsp3) is 0.419. The Morgan fingerprint density at radius 3 is 2.35 bits per heavy atom. The van der Waals surface area contributed by atoms with E-state index < -0.39 is 0 Å². The van der Waals surface area contributed by atoms with Crippen LogP contribution in [-0.2, 0) is 17.8 Å². The number of urea groups is 1. The Morgan fingerprint density at radius 1 is 0.925 bits per heavy atom. The lowest BCUT2D eigenvalue weighted by Gasteiger charge is -2.29. The molecule has 2 aromatic carbocycles. The summed E-state index contributed by atoms with van der Waals surface area (Å²) in [5.74, 6) is 2.65. The van der Waals surface area contributed by atoms with E-state index in [0.717, 1.165) is 31.0 Å². The van der Waals surface area contributed by atoms with Gasteiger partial charge in [0.25, 0.3) is 0 Å². The summed E-state index contributed by atoms with van der Waals surface area (Å²) >= 11 is 0. The second-order valence-corrected chi connectivity index (χ2v) is 10.0. The number of furan rings is 1. The first-order chi connectivity index (χ1) is 19.4. The van der Waals surface area contributed by atoms with E-state index in [1.54, 1.807) is 24.0 Å². The number of hydrogen-bond acceptors (Lipinski definition) is 6. The number of anilines is 1. The van der Waals surface area contributed by atoms with Crippen molar-refractivity contribution in [3.05, 3.63) is 77.7 Å². The Labute approximate surface area is 236 Å². The van der Waals surface area contributed by atoms with E-state index in [1.807, 2.05) is 67.6 Å². The van der Waals surface area contributed by atoms with Gasteiger partial charge < -0.3 is 33.9 Å². The molecule has 0 spiro atoms. The highest BCUT2D eigenvalue weighted by molar-refractivity contribution is 5.92. The molecule has 0 radical (unpaired) electrons. The van der Waals surface area contributed by atoms with Crippen LogP contribution in [0.3, 0.4) is 0 Å². The van der Waals surface area contributed by atoms with E-state index in [9.17, 15) is 9.59 Å². The minimum absolute atomic E-state index is 0.0296. The zero-order valence-corrected chi connectivity index (χ0v) is 23.7. The molecule has 1 aliphatic heterocycles. The van der Waals surface area contributed by atoms with Crippen LogP contribution in [0.4, 0.5) is 10.5 Å². The molecule has 1 aliphatic rings. The van der Waals surface area contributed by atoms with Crippen molar-refractivity contribution in [1.29, 1.82) is 0 Å². The SMILES string of the molecule is COc1ccc(CCN(Cc2ccc(C)o2)C(=O)CN(CCN2CCCC2)C(=O)Nc2ccccc2)cc1OC. The molecule has 0 saturated carbocycles. The van der Waals surface area contributed by atoms with Crippen LogP contribution in [0.5, 0.6) is 11.5 Å². The molecule has 1 fully saturated rings. The zero-order valence-electron chi connectivity index (χ0n) is 23.7. The van der Waals surface area contributed by atoms with Crippen molar-refractivity contribution >= 4 is 17.6 Å². The first-order valence-electron chi connectivity index (χ1n) is 13.8. The molecule has 0 aliphatic carbocycles. The predicted molar refractivity (Wildman–Crippen MR) is 155 cm³/mol. The summed E-state index contributed by atoms with van der Waals surface area (Å²) in [6.45, 7) is 5.88. The summed E-state index contributed by atoms with van der Waals surface area (Å²) < 4.78 is 16.6. The number of hydrogen-bond donors (Lipinski definition) is 1. The number of nitrogens with one attached hydrogen (secondary N) is 1. The van der Waals surface area contributed by atoms with Gasteiger partial charge in [-0.1, -0.05) is 24.3 Å². The number of rotatable bonds is 13. The molecule has 4 rings (SSSR count). The molecular formula is C31H40N4O5. The first-order valence-corrected chi connectivity index (χ1v) is 13.8. The number of carbonyl (C=O) groups excluding carboxylic acids is 2. The van der Waals surface area contributed by atoms with Crippen molar-refractivity contribution in [3.8, 4) is 11.5 Å². The third-order valence-corrected chi connectivity index (χ3v) is 7.14. The Kier molecular flexibility index (Phi) is 10.5. The topological polar surface area (TPSA) is 87.5 Å². The van der Waals surface area contributed by atoms with Gasteiger partial charge in [-0.2, -0.15) is 0 Å². The van der Waals surface area contributed by atoms with Gasteiger partial charge in [-0.05, 0) is 81.2 Å². The summed E-state index contributed by atoms with van der Waals surface area (Å²) in [5, 5.41) is 2.95. The maximum atomic E-state index is 13.8. The van der Waals surface area contributed by atoms with Gasteiger partial charge in [-0.15, -0.1) is 0 Å². The van der Waals surface area contributed by atoms with E-state index in [0.29, 0.717) is 49.0 Å². The lowest BCUT2D eigenvalue weighted by atomic mass is 10.1. The normalized spacial score (nSPS) is 13.2. The van der Waals surface area contributed by atoms with E-state index >= 15 is 0 Å². The van der Waals surface area contributed by atoms with E-state index in [2.05, 4.69) is 10.2 Å². The van der Waals surface area contributed by atoms with Gasteiger partial charge in [-0.25, -0.2) is 4.79 Å². The largest absolute Gasteiger partial charge is 0.493 e. The molecule has 0 bridgehead atoms. The first kappa shape index (κ1) is 29.0. The van der Waals surface area contributed by atoms with Crippen LogP contribution in [0.2, 0.25) is 0 Å². The highest BCUT2D eigenvalue weighted by atomic mass is 16.5. The second kappa shape index (κ2) is 14.4. The zero-order chi connectivity index (χ0) is 28.3. The highest BCUT2D eigenvalue weighted by Crippen LogP contribution is 2.28. The third kappa shape index (κ3) is 8.26. The van der Waals surface area contributed by atoms with E-state index in [1.165, 1.54) is 12.8 Å². The van der Waals surface area contributed by atoms with Gasteiger partial charge in [0, 0.05) is 25.3 Å². The number of benzene rings is 2. The Balaban J connectivity index is 1.48. The minimum Gasteiger partial charge on any atom is -0.493 e.